The van der Waals surface area contributed by atoms with Gasteiger partial charge in [-0.2, -0.15) is 11.8 Å². The number of carboxylic acid groups (broad SMARTS) is 1. The van der Waals surface area contributed by atoms with Gasteiger partial charge < -0.3 is 15.2 Å². The summed E-state index contributed by atoms with van der Waals surface area (Å²) in [6.07, 6.45) is 5.78. The van der Waals surface area contributed by atoms with E-state index in [-0.39, 0.29) is 12.3 Å². The van der Waals surface area contributed by atoms with E-state index in [1.165, 1.54) is 0 Å². The lowest BCUT2D eigenvalue weighted by Gasteiger charge is -2.18. The number of carbonyl (C=O) groups excluding carboxylic acids is 1. The predicted molar refractivity (Wildman–Crippen MR) is 127 cm³/mol. The molecule has 1 unspecified atom stereocenters. The van der Waals surface area contributed by atoms with Gasteiger partial charge in [0.2, 0.25) is 0 Å². The van der Waals surface area contributed by atoms with Crippen LogP contribution in [0.2, 0.25) is 0 Å². The maximum Gasteiger partial charge on any atom is 0.305 e. The first kappa shape index (κ1) is 23.3. The molecule has 1 atom stereocenters. The van der Waals surface area contributed by atoms with Gasteiger partial charge in [0.25, 0.3) is 5.91 Å². The SMILES string of the molecule is CSCCC(CC(=O)O)NC(=O)c1ccc(COc2cccnc2)cc1-c1ccccc1. The zero-order valence-electron chi connectivity index (χ0n) is 17.9. The average Bonchev–Trinajstić information content (AvgIpc) is 2.82. The van der Waals surface area contributed by atoms with Gasteiger partial charge in [0.05, 0.1) is 12.6 Å². The molecule has 0 aliphatic carbocycles. The molecule has 3 rings (SSSR count). The number of hydrogen-bond donors (Lipinski definition) is 2. The number of aliphatic carboxylic acids is 1. The van der Waals surface area contributed by atoms with Gasteiger partial charge in [0.15, 0.2) is 0 Å². The number of hydrogen-bond acceptors (Lipinski definition) is 5. The lowest BCUT2D eigenvalue weighted by Crippen LogP contribution is -2.37. The van der Waals surface area contributed by atoms with Gasteiger partial charge in [0, 0.05) is 17.8 Å². The Balaban J connectivity index is 1.85. The van der Waals surface area contributed by atoms with Crippen molar-refractivity contribution in [1.82, 2.24) is 10.3 Å². The van der Waals surface area contributed by atoms with Crippen LogP contribution in [0.4, 0.5) is 0 Å². The van der Waals surface area contributed by atoms with Crippen LogP contribution in [-0.4, -0.2) is 40.0 Å². The Kier molecular flexibility index (Phi) is 8.69. The lowest BCUT2D eigenvalue weighted by molar-refractivity contribution is -0.137. The van der Waals surface area contributed by atoms with Crippen LogP contribution in [0.15, 0.2) is 73.1 Å². The van der Waals surface area contributed by atoms with Gasteiger partial charge in [-0.25, -0.2) is 0 Å². The van der Waals surface area contributed by atoms with E-state index in [2.05, 4.69) is 10.3 Å². The highest BCUT2D eigenvalue weighted by atomic mass is 32.2. The van der Waals surface area contributed by atoms with Crippen LogP contribution in [0.5, 0.6) is 5.75 Å². The molecule has 0 spiro atoms. The van der Waals surface area contributed by atoms with E-state index in [1.54, 1.807) is 30.2 Å². The molecule has 166 valence electrons. The van der Waals surface area contributed by atoms with Crippen LogP contribution in [0.25, 0.3) is 11.1 Å². The fraction of sp³-hybridized carbons (Fsp3) is 0.240. The summed E-state index contributed by atoms with van der Waals surface area (Å²) < 4.78 is 5.81. The molecular weight excluding hydrogens is 424 g/mol. The number of ether oxygens (including phenoxy) is 1. The van der Waals surface area contributed by atoms with E-state index in [0.717, 1.165) is 22.4 Å². The fourth-order valence-electron chi connectivity index (χ4n) is 3.29. The Morgan fingerprint density at radius 3 is 2.62 bits per heavy atom. The molecule has 3 aromatic rings. The standard InChI is InChI=1S/C25H26N2O4S/c1-32-13-11-20(15-24(28)29)27-25(30)22-10-9-18(17-31-21-8-5-12-26-16-21)14-23(22)19-6-3-2-4-7-19/h2-10,12,14,16,20H,11,13,15,17H2,1H3,(H,27,30)(H,28,29). The molecule has 2 N–H and O–H groups in total. The molecule has 0 aliphatic rings. The molecule has 0 bridgehead atoms. The minimum atomic E-state index is -0.928. The molecule has 0 fully saturated rings. The van der Waals surface area contributed by atoms with Crippen molar-refractivity contribution >= 4 is 23.6 Å². The number of nitrogens with one attached hydrogen (secondary N) is 1. The van der Waals surface area contributed by atoms with E-state index in [9.17, 15) is 14.7 Å². The average molecular weight is 451 g/mol. The normalized spacial score (nSPS) is 11.5. The third-order valence-electron chi connectivity index (χ3n) is 4.88. The Labute approximate surface area is 192 Å². The monoisotopic (exact) mass is 450 g/mol. The van der Waals surface area contributed by atoms with Crippen molar-refractivity contribution in [3.05, 3.63) is 84.2 Å². The number of amides is 1. The van der Waals surface area contributed by atoms with Gasteiger partial charge in [0.1, 0.15) is 12.4 Å². The molecule has 7 heteroatoms. The third-order valence-corrected chi connectivity index (χ3v) is 5.52. The first-order valence-corrected chi connectivity index (χ1v) is 11.7. The van der Waals surface area contributed by atoms with Crippen LogP contribution < -0.4 is 10.1 Å². The quantitative estimate of drug-likeness (QED) is 0.442. The molecular formula is C25H26N2O4S. The maximum atomic E-state index is 13.1. The summed E-state index contributed by atoms with van der Waals surface area (Å²) in [7, 11) is 0. The summed E-state index contributed by atoms with van der Waals surface area (Å²) in [5, 5.41) is 12.1. The van der Waals surface area contributed by atoms with Crippen LogP contribution in [0, 0.1) is 0 Å². The van der Waals surface area contributed by atoms with Crippen molar-refractivity contribution in [3.63, 3.8) is 0 Å². The minimum absolute atomic E-state index is 0.107. The summed E-state index contributed by atoms with van der Waals surface area (Å²) in [6.45, 7) is 0.336. The Morgan fingerprint density at radius 2 is 1.94 bits per heavy atom. The number of carbonyl (C=O) groups is 2. The fourth-order valence-corrected chi connectivity index (χ4v) is 3.81. The van der Waals surface area contributed by atoms with Crippen molar-refractivity contribution in [2.24, 2.45) is 0 Å². The van der Waals surface area contributed by atoms with Crippen molar-refractivity contribution in [1.29, 1.82) is 0 Å². The van der Waals surface area contributed by atoms with Crippen LogP contribution in [0.1, 0.15) is 28.8 Å². The summed E-state index contributed by atoms with van der Waals surface area (Å²) in [5.74, 6) is 0.230. The number of rotatable bonds is 11. The number of pyridine rings is 1. The van der Waals surface area contributed by atoms with E-state index in [1.807, 2.05) is 60.9 Å². The number of nitrogens with zero attached hydrogens (tertiary/aromatic N) is 1. The Morgan fingerprint density at radius 1 is 1.12 bits per heavy atom. The van der Waals surface area contributed by atoms with Crippen molar-refractivity contribution in [3.8, 4) is 16.9 Å². The molecule has 0 saturated carbocycles. The first-order chi connectivity index (χ1) is 15.6. The molecule has 1 aromatic heterocycles. The molecule has 0 saturated heterocycles. The van der Waals surface area contributed by atoms with Gasteiger partial charge >= 0.3 is 5.97 Å². The summed E-state index contributed by atoms with van der Waals surface area (Å²) in [5.41, 5.74) is 3.09. The van der Waals surface area contributed by atoms with Crippen LogP contribution in [-0.2, 0) is 11.4 Å². The zero-order valence-corrected chi connectivity index (χ0v) is 18.7. The molecule has 1 amide bonds. The highest BCUT2D eigenvalue weighted by molar-refractivity contribution is 7.98. The maximum absolute atomic E-state index is 13.1. The third kappa shape index (κ3) is 6.85. The van der Waals surface area contributed by atoms with Gasteiger partial charge in [-0.05, 0) is 59.4 Å². The minimum Gasteiger partial charge on any atom is -0.487 e. The zero-order chi connectivity index (χ0) is 22.8. The number of carboxylic acids is 1. The largest absolute Gasteiger partial charge is 0.487 e. The van der Waals surface area contributed by atoms with Crippen LogP contribution >= 0.6 is 11.8 Å². The van der Waals surface area contributed by atoms with Gasteiger partial charge in [-0.1, -0.05) is 36.4 Å². The summed E-state index contributed by atoms with van der Waals surface area (Å²) in [6, 6.07) is 18.4. The molecule has 0 aliphatic heterocycles. The Hall–Kier alpha value is -3.32. The molecule has 2 aromatic carbocycles. The van der Waals surface area contributed by atoms with Gasteiger partial charge in [-0.15, -0.1) is 0 Å². The summed E-state index contributed by atoms with van der Waals surface area (Å²) in [4.78, 5) is 28.4. The first-order valence-electron chi connectivity index (χ1n) is 10.3. The highest BCUT2D eigenvalue weighted by Gasteiger charge is 2.20. The highest BCUT2D eigenvalue weighted by Crippen LogP contribution is 2.26. The van der Waals surface area contributed by atoms with E-state index < -0.39 is 12.0 Å². The second-order valence-corrected chi connectivity index (χ2v) is 8.26. The van der Waals surface area contributed by atoms with E-state index in [4.69, 9.17) is 4.74 Å². The predicted octanol–water partition coefficient (Wildman–Crippen LogP) is 4.65. The number of thioether (sulfide) groups is 1. The molecule has 1 heterocycles. The number of benzene rings is 2. The van der Waals surface area contributed by atoms with E-state index >= 15 is 0 Å². The number of aromatic nitrogens is 1. The molecule has 0 radical (unpaired) electrons. The van der Waals surface area contributed by atoms with Gasteiger partial charge in [-0.3, -0.25) is 14.6 Å². The Bertz CT molecular complexity index is 1030. The van der Waals surface area contributed by atoms with Crippen molar-refractivity contribution in [2.75, 3.05) is 12.0 Å². The van der Waals surface area contributed by atoms with E-state index in [0.29, 0.717) is 24.3 Å². The second-order valence-electron chi connectivity index (χ2n) is 7.27. The molecule has 32 heavy (non-hydrogen) atoms. The van der Waals surface area contributed by atoms with Crippen molar-refractivity contribution in [2.45, 2.75) is 25.5 Å². The topological polar surface area (TPSA) is 88.5 Å². The lowest BCUT2D eigenvalue weighted by atomic mass is 9.96. The van der Waals surface area contributed by atoms with Crippen molar-refractivity contribution < 1.29 is 19.4 Å². The molecule has 6 nitrogen and oxygen atoms in total. The van der Waals surface area contributed by atoms with Crippen LogP contribution in [0.3, 0.4) is 0 Å². The second kappa shape index (κ2) is 11.9. The smallest absolute Gasteiger partial charge is 0.305 e. The summed E-state index contributed by atoms with van der Waals surface area (Å²) >= 11 is 1.62.